The van der Waals surface area contributed by atoms with Crippen LogP contribution in [0.1, 0.15) is 28.4 Å². The van der Waals surface area contributed by atoms with Gasteiger partial charge in [-0.3, -0.25) is 0 Å². The molecule has 2 aromatic carbocycles. The Bertz CT molecular complexity index is 836. The van der Waals surface area contributed by atoms with Crippen LogP contribution in [0.2, 0.25) is 0 Å². The number of hydrogen-bond donors (Lipinski definition) is 2. The molecule has 1 aliphatic carbocycles. The van der Waals surface area contributed by atoms with Crippen molar-refractivity contribution in [3.63, 3.8) is 0 Å². The molecule has 0 heterocycles. The van der Waals surface area contributed by atoms with Crippen LogP contribution in [-0.4, -0.2) is 44.3 Å². The van der Waals surface area contributed by atoms with Crippen LogP contribution in [0.5, 0.6) is 0 Å². The number of fused-ring (bicyclic) bond motifs is 2. The van der Waals surface area contributed by atoms with Crippen LogP contribution in [0.25, 0.3) is 12.2 Å². The Morgan fingerprint density at radius 1 is 1.00 bits per heavy atom. The van der Waals surface area contributed by atoms with E-state index < -0.39 is 11.9 Å². The van der Waals surface area contributed by atoms with Gasteiger partial charge in [-0.25, -0.2) is 4.79 Å². The van der Waals surface area contributed by atoms with Crippen molar-refractivity contribution >= 4 is 24.1 Å². The van der Waals surface area contributed by atoms with E-state index in [1.54, 1.807) is 0 Å². The van der Waals surface area contributed by atoms with Crippen molar-refractivity contribution in [2.24, 2.45) is 0 Å². The number of rotatable bonds is 6. The fraction of sp³-hybridized carbons (Fsp3) is 0.217. The van der Waals surface area contributed by atoms with Crippen molar-refractivity contribution in [1.82, 2.24) is 0 Å². The van der Waals surface area contributed by atoms with E-state index in [0.29, 0.717) is 12.2 Å². The molecule has 0 atom stereocenters. The van der Waals surface area contributed by atoms with Crippen LogP contribution < -0.4 is 10.0 Å². The third-order valence-corrected chi connectivity index (χ3v) is 4.25. The number of nitrogens with one attached hydrogen (secondary N) is 1. The molecule has 152 valence electrons. The van der Waals surface area contributed by atoms with Crippen LogP contribution in [-0.2, 0) is 14.3 Å². The lowest BCUT2D eigenvalue weighted by Gasteiger charge is -2.21. The zero-order valence-electron chi connectivity index (χ0n) is 16.5. The van der Waals surface area contributed by atoms with Gasteiger partial charge in [-0.15, -0.1) is 0 Å². The largest absolute Gasteiger partial charge is 0.545 e. The van der Waals surface area contributed by atoms with Gasteiger partial charge in [-0.2, -0.15) is 0 Å². The van der Waals surface area contributed by atoms with Gasteiger partial charge in [0, 0.05) is 6.08 Å². The maximum Gasteiger partial charge on any atom is 0.328 e. The molecule has 0 aromatic heterocycles. The number of benzene rings is 2. The molecule has 3 rings (SSSR count). The molecule has 0 aliphatic heterocycles. The van der Waals surface area contributed by atoms with Gasteiger partial charge in [0.1, 0.15) is 12.6 Å². The van der Waals surface area contributed by atoms with Gasteiger partial charge in [-0.1, -0.05) is 60.7 Å². The Hall–Kier alpha value is -3.22. The minimum Gasteiger partial charge on any atom is -0.545 e. The van der Waals surface area contributed by atoms with E-state index in [4.69, 9.17) is 9.84 Å². The molecule has 0 saturated carbocycles. The second kappa shape index (κ2) is 10.9. The second-order valence-electron chi connectivity index (χ2n) is 6.79. The molecule has 2 N–H and O–H groups in total. The Labute approximate surface area is 170 Å². The number of quaternary nitrogens is 1. The van der Waals surface area contributed by atoms with E-state index in [1.807, 2.05) is 0 Å². The van der Waals surface area contributed by atoms with Crippen LogP contribution in [0.4, 0.5) is 0 Å². The molecular weight excluding hydrogens is 370 g/mol. The van der Waals surface area contributed by atoms with Crippen LogP contribution in [0.3, 0.4) is 0 Å². The van der Waals surface area contributed by atoms with E-state index >= 15 is 0 Å². The molecule has 0 radical (unpaired) electrons. The summed E-state index contributed by atoms with van der Waals surface area (Å²) in [7, 11) is 4.31. The molecule has 0 amide bonds. The summed E-state index contributed by atoms with van der Waals surface area (Å²) in [5.41, 5.74) is 5.01. The van der Waals surface area contributed by atoms with Crippen molar-refractivity contribution in [3.8, 4) is 0 Å². The first kappa shape index (κ1) is 22.1. The summed E-state index contributed by atoms with van der Waals surface area (Å²) in [5.74, 6) is -2.80. The van der Waals surface area contributed by atoms with Gasteiger partial charge in [0.15, 0.2) is 0 Å². The molecular formula is C23H25NO5. The second-order valence-corrected chi connectivity index (χ2v) is 6.79. The quantitative estimate of drug-likeness (QED) is 0.706. The number of carboxylic acid groups (broad SMARTS) is 2. The van der Waals surface area contributed by atoms with Crippen LogP contribution in [0, 0.1) is 0 Å². The third-order valence-electron chi connectivity index (χ3n) is 4.25. The van der Waals surface area contributed by atoms with Gasteiger partial charge in [-0.05, 0) is 28.3 Å². The number of aliphatic carboxylic acids is 2. The fourth-order valence-corrected chi connectivity index (χ4v) is 2.85. The Kier molecular flexibility index (Phi) is 8.33. The fourth-order valence-electron chi connectivity index (χ4n) is 2.85. The van der Waals surface area contributed by atoms with E-state index in [9.17, 15) is 14.7 Å². The van der Waals surface area contributed by atoms with Crippen molar-refractivity contribution in [2.75, 3.05) is 27.2 Å². The lowest BCUT2D eigenvalue weighted by atomic mass is 9.96. The lowest BCUT2D eigenvalue weighted by molar-refractivity contribution is -0.858. The van der Waals surface area contributed by atoms with E-state index in [-0.39, 0.29) is 6.10 Å². The number of likely N-dealkylation sites (N-methyl/N-ethyl adjacent to an activating group) is 1. The lowest BCUT2D eigenvalue weighted by Crippen LogP contribution is -3.06. The average Bonchev–Trinajstić information content (AvgIpc) is 2.84. The predicted octanol–water partition coefficient (Wildman–Crippen LogP) is 0.798. The Morgan fingerprint density at radius 2 is 1.52 bits per heavy atom. The molecule has 6 nitrogen and oxygen atoms in total. The van der Waals surface area contributed by atoms with Crippen molar-refractivity contribution in [2.45, 2.75) is 6.10 Å². The summed E-state index contributed by atoms with van der Waals surface area (Å²) >= 11 is 0. The maximum absolute atomic E-state index is 9.53. The van der Waals surface area contributed by atoms with Crippen LogP contribution >= 0.6 is 0 Å². The highest BCUT2D eigenvalue weighted by Gasteiger charge is 2.21. The van der Waals surface area contributed by atoms with Crippen molar-refractivity contribution in [1.29, 1.82) is 0 Å². The predicted molar refractivity (Wildman–Crippen MR) is 109 cm³/mol. The molecule has 6 heteroatoms. The molecule has 0 fully saturated rings. The van der Waals surface area contributed by atoms with E-state index in [2.05, 4.69) is 74.8 Å². The zero-order chi connectivity index (χ0) is 21.2. The number of ether oxygens (including phenoxy) is 1. The molecule has 0 unspecified atom stereocenters. The SMILES string of the molecule is C[NH+](C)CCOC1c2ccccc2C=Cc2ccccc21.O=C([O-])/C=C\C(=O)O. The number of carbonyl (C=O) groups is 2. The summed E-state index contributed by atoms with van der Waals surface area (Å²) < 4.78 is 6.27. The zero-order valence-corrected chi connectivity index (χ0v) is 16.5. The Morgan fingerprint density at radius 3 is 1.93 bits per heavy atom. The highest BCUT2D eigenvalue weighted by atomic mass is 16.5. The molecule has 2 aromatic rings. The smallest absolute Gasteiger partial charge is 0.328 e. The first-order chi connectivity index (χ1) is 13.9. The van der Waals surface area contributed by atoms with E-state index in [1.165, 1.54) is 27.2 Å². The molecule has 0 spiro atoms. The minimum atomic E-state index is -1.51. The molecule has 29 heavy (non-hydrogen) atoms. The van der Waals surface area contributed by atoms with Gasteiger partial charge < -0.3 is 24.6 Å². The average molecular weight is 395 g/mol. The van der Waals surface area contributed by atoms with Crippen molar-refractivity contribution < 1.29 is 29.4 Å². The summed E-state index contributed by atoms with van der Waals surface area (Å²) in [6.07, 6.45) is 5.34. The highest BCUT2D eigenvalue weighted by molar-refractivity contribution is 5.88. The normalized spacial score (nSPS) is 12.7. The van der Waals surface area contributed by atoms with Gasteiger partial charge >= 0.3 is 5.97 Å². The standard InChI is InChI=1S/C19H21NO.C4H4O4/c1-20(2)13-14-21-19-17-9-5-3-7-15(17)11-12-16-8-4-6-10-18(16)19;5-3(6)1-2-4(7)8/h3-12,19H,13-14H2,1-2H3;1-2H,(H,5,6)(H,7,8)/b;2-1-. The van der Waals surface area contributed by atoms with Gasteiger partial charge in [0.25, 0.3) is 0 Å². The monoisotopic (exact) mass is 395 g/mol. The van der Waals surface area contributed by atoms with Crippen LogP contribution in [0.15, 0.2) is 60.7 Å². The maximum atomic E-state index is 9.53. The summed E-state index contributed by atoms with van der Waals surface area (Å²) in [5, 5.41) is 17.2. The molecule has 1 aliphatic rings. The van der Waals surface area contributed by atoms with Gasteiger partial charge in [0.05, 0.1) is 26.7 Å². The summed E-state index contributed by atoms with van der Waals surface area (Å²) in [4.78, 5) is 20.4. The highest BCUT2D eigenvalue weighted by Crippen LogP contribution is 2.34. The van der Waals surface area contributed by atoms with E-state index in [0.717, 1.165) is 13.2 Å². The van der Waals surface area contributed by atoms with Gasteiger partial charge in [0.2, 0.25) is 0 Å². The molecule has 0 saturated heterocycles. The number of carboxylic acids is 2. The number of carbonyl (C=O) groups excluding carboxylic acids is 1. The first-order valence-electron chi connectivity index (χ1n) is 9.27. The summed E-state index contributed by atoms with van der Waals surface area (Å²) in [6.45, 7) is 1.77. The number of hydrogen-bond acceptors (Lipinski definition) is 4. The van der Waals surface area contributed by atoms with Crippen molar-refractivity contribution in [3.05, 3.63) is 82.9 Å². The summed E-state index contributed by atoms with van der Waals surface area (Å²) in [6, 6.07) is 17.0. The Balaban J connectivity index is 0.000000321. The third kappa shape index (κ3) is 7.03. The topological polar surface area (TPSA) is 91.1 Å². The molecule has 0 bridgehead atoms. The first-order valence-corrected chi connectivity index (χ1v) is 9.27. The minimum absolute atomic E-state index is 0.0201.